The third kappa shape index (κ3) is 1.89. The molecule has 0 bridgehead atoms. The highest BCUT2D eigenvalue weighted by Crippen LogP contribution is 2.23. The highest BCUT2D eigenvalue weighted by molar-refractivity contribution is 5.87. The Morgan fingerprint density at radius 1 is 1.41 bits per heavy atom. The molecule has 0 aliphatic heterocycles. The van der Waals surface area contributed by atoms with Gasteiger partial charge in [0.2, 0.25) is 0 Å². The molecule has 0 amide bonds. The van der Waals surface area contributed by atoms with E-state index in [1.54, 1.807) is 0 Å². The molecule has 1 N–H and O–H groups in total. The minimum absolute atomic E-state index is 0.0619. The summed E-state index contributed by atoms with van der Waals surface area (Å²) in [7, 11) is 1.42. The minimum Gasteiger partial charge on any atom is -0.477 e. The lowest BCUT2D eigenvalue weighted by molar-refractivity contribution is 0.0685. The van der Waals surface area contributed by atoms with E-state index < -0.39 is 17.6 Å². The summed E-state index contributed by atoms with van der Waals surface area (Å²) >= 11 is 0. The summed E-state index contributed by atoms with van der Waals surface area (Å²) in [6, 6.07) is 4.86. The number of aromatic carboxylic acids is 1. The molecule has 2 aromatic rings. The summed E-state index contributed by atoms with van der Waals surface area (Å²) in [5.41, 5.74) is -0.0707. The fourth-order valence-electron chi connectivity index (χ4n) is 1.50. The number of halogens is 2. The van der Waals surface area contributed by atoms with Crippen LogP contribution in [0.15, 0.2) is 24.3 Å². The molecule has 0 fully saturated rings. The van der Waals surface area contributed by atoms with Crippen LogP contribution in [-0.4, -0.2) is 20.9 Å². The number of carboxylic acid groups (broad SMARTS) is 1. The van der Waals surface area contributed by atoms with Gasteiger partial charge in [-0.25, -0.2) is 13.6 Å². The number of aryl methyl sites for hydroxylation is 1. The summed E-state index contributed by atoms with van der Waals surface area (Å²) in [6.45, 7) is 0. The first-order chi connectivity index (χ1) is 8.00. The van der Waals surface area contributed by atoms with E-state index in [1.807, 2.05) is 0 Å². The van der Waals surface area contributed by atoms with Crippen molar-refractivity contribution in [3.05, 3.63) is 41.6 Å². The van der Waals surface area contributed by atoms with E-state index in [2.05, 4.69) is 5.10 Å². The van der Waals surface area contributed by atoms with Crippen LogP contribution >= 0.6 is 0 Å². The van der Waals surface area contributed by atoms with Crippen LogP contribution in [0.1, 0.15) is 10.5 Å². The molecule has 88 valence electrons. The predicted octanol–water partition coefficient (Wildman–Crippen LogP) is 2.06. The van der Waals surface area contributed by atoms with Crippen molar-refractivity contribution in [2.24, 2.45) is 7.05 Å². The fraction of sp³-hybridized carbons (Fsp3) is 0.0909. The van der Waals surface area contributed by atoms with Crippen LogP contribution in [0.25, 0.3) is 11.3 Å². The summed E-state index contributed by atoms with van der Waals surface area (Å²) in [6.07, 6.45) is 0. The number of benzene rings is 1. The molecule has 0 spiro atoms. The predicted molar refractivity (Wildman–Crippen MR) is 55.5 cm³/mol. The number of hydrogen-bond acceptors (Lipinski definition) is 2. The van der Waals surface area contributed by atoms with Crippen molar-refractivity contribution in [2.45, 2.75) is 0 Å². The fourth-order valence-corrected chi connectivity index (χ4v) is 1.50. The van der Waals surface area contributed by atoms with Crippen molar-refractivity contribution in [3.63, 3.8) is 0 Å². The Morgan fingerprint density at radius 2 is 2.12 bits per heavy atom. The molecule has 2 rings (SSSR count). The Morgan fingerprint density at radius 3 is 2.71 bits per heavy atom. The Hall–Kier alpha value is -2.24. The Balaban J connectivity index is 2.58. The molecule has 0 saturated heterocycles. The second kappa shape index (κ2) is 3.97. The van der Waals surface area contributed by atoms with Gasteiger partial charge >= 0.3 is 5.97 Å². The molecule has 0 radical (unpaired) electrons. The lowest BCUT2D eigenvalue weighted by atomic mass is 10.1. The molecule has 0 saturated carbocycles. The monoisotopic (exact) mass is 238 g/mol. The van der Waals surface area contributed by atoms with Gasteiger partial charge in [0.15, 0.2) is 11.6 Å². The topological polar surface area (TPSA) is 55.1 Å². The van der Waals surface area contributed by atoms with Gasteiger partial charge in [0, 0.05) is 12.6 Å². The van der Waals surface area contributed by atoms with E-state index in [-0.39, 0.29) is 17.0 Å². The average Bonchev–Trinajstić information content (AvgIpc) is 2.64. The molecule has 17 heavy (non-hydrogen) atoms. The lowest BCUT2D eigenvalue weighted by Gasteiger charge is -1.99. The van der Waals surface area contributed by atoms with Gasteiger partial charge in [-0.05, 0) is 18.2 Å². The molecule has 0 aliphatic rings. The molecule has 1 aromatic heterocycles. The number of carbonyl (C=O) groups is 1. The van der Waals surface area contributed by atoms with Crippen LogP contribution in [0, 0.1) is 11.6 Å². The minimum atomic E-state index is -1.18. The van der Waals surface area contributed by atoms with E-state index >= 15 is 0 Å². The van der Waals surface area contributed by atoms with Crippen molar-refractivity contribution in [1.82, 2.24) is 9.78 Å². The standard InChI is InChI=1S/C11H8F2N2O2/c1-15-9(11(16)17)5-8(14-15)6-3-2-4-7(12)10(6)13/h2-5H,1H3,(H,16,17). The number of nitrogens with zero attached hydrogens (tertiary/aromatic N) is 2. The van der Waals surface area contributed by atoms with Crippen LogP contribution in [0.5, 0.6) is 0 Å². The van der Waals surface area contributed by atoms with Crippen LogP contribution in [0.4, 0.5) is 8.78 Å². The first kappa shape index (κ1) is 11.3. The third-order valence-corrected chi connectivity index (χ3v) is 2.33. The van der Waals surface area contributed by atoms with E-state index in [0.717, 1.165) is 10.7 Å². The van der Waals surface area contributed by atoms with Crippen molar-refractivity contribution in [1.29, 1.82) is 0 Å². The maximum Gasteiger partial charge on any atom is 0.354 e. The van der Waals surface area contributed by atoms with Gasteiger partial charge in [0.25, 0.3) is 0 Å². The van der Waals surface area contributed by atoms with Gasteiger partial charge in [-0.1, -0.05) is 6.07 Å². The maximum absolute atomic E-state index is 13.5. The molecule has 0 unspecified atom stereocenters. The van der Waals surface area contributed by atoms with Crippen molar-refractivity contribution < 1.29 is 18.7 Å². The summed E-state index contributed by atoms with van der Waals surface area (Å²) < 4.78 is 27.6. The van der Waals surface area contributed by atoms with Crippen LogP contribution in [0.2, 0.25) is 0 Å². The second-order valence-electron chi connectivity index (χ2n) is 3.44. The zero-order valence-electron chi connectivity index (χ0n) is 8.82. The summed E-state index contributed by atoms with van der Waals surface area (Å²) in [5, 5.41) is 12.7. The van der Waals surface area contributed by atoms with E-state index in [1.165, 1.54) is 25.2 Å². The molecule has 6 heteroatoms. The van der Waals surface area contributed by atoms with Gasteiger partial charge < -0.3 is 5.11 Å². The molecule has 0 atom stereocenters. The van der Waals surface area contributed by atoms with E-state index in [4.69, 9.17) is 5.11 Å². The van der Waals surface area contributed by atoms with E-state index in [0.29, 0.717) is 0 Å². The molecule has 1 aromatic carbocycles. The quantitative estimate of drug-likeness (QED) is 0.871. The zero-order valence-corrected chi connectivity index (χ0v) is 8.82. The van der Waals surface area contributed by atoms with Crippen LogP contribution in [-0.2, 0) is 7.05 Å². The average molecular weight is 238 g/mol. The summed E-state index contributed by atoms with van der Waals surface area (Å²) in [4.78, 5) is 10.8. The number of carboxylic acids is 1. The number of hydrogen-bond donors (Lipinski definition) is 1. The van der Waals surface area contributed by atoms with Crippen LogP contribution in [0.3, 0.4) is 0 Å². The van der Waals surface area contributed by atoms with Gasteiger partial charge in [0.1, 0.15) is 5.69 Å². The normalized spacial score (nSPS) is 10.5. The molecule has 4 nitrogen and oxygen atoms in total. The third-order valence-electron chi connectivity index (χ3n) is 2.33. The van der Waals surface area contributed by atoms with Gasteiger partial charge in [-0.15, -0.1) is 0 Å². The van der Waals surface area contributed by atoms with Gasteiger partial charge in [-0.2, -0.15) is 5.10 Å². The van der Waals surface area contributed by atoms with Crippen molar-refractivity contribution >= 4 is 5.97 Å². The highest BCUT2D eigenvalue weighted by atomic mass is 19.2. The molecular formula is C11H8F2N2O2. The Kier molecular flexibility index (Phi) is 2.63. The van der Waals surface area contributed by atoms with Crippen molar-refractivity contribution in [3.8, 4) is 11.3 Å². The van der Waals surface area contributed by atoms with Gasteiger partial charge in [-0.3, -0.25) is 4.68 Å². The zero-order chi connectivity index (χ0) is 12.6. The maximum atomic E-state index is 13.5. The highest BCUT2D eigenvalue weighted by Gasteiger charge is 2.16. The summed E-state index contributed by atoms with van der Waals surface area (Å²) in [5.74, 6) is -3.21. The molecule has 1 heterocycles. The van der Waals surface area contributed by atoms with Crippen molar-refractivity contribution in [2.75, 3.05) is 0 Å². The second-order valence-corrected chi connectivity index (χ2v) is 3.44. The Bertz CT molecular complexity index is 593. The lowest BCUT2D eigenvalue weighted by Crippen LogP contribution is -2.04. The van der Waals surface area contributed by atoms with E-state index in [9.17, 15) is 13.6 Å². The largest absolute Gasteiger partial charge is 0.477 e. The molecule has 0 aliphatic carbocycles. The number of rotatable bonds is 2. The first-order valence-electron chi connectivity index (χ1n) is 4.72. The smallest absolute Gasteiger partial charge is 0.354 e. The SMILES string of the molecule is Cn1nc(-c2cccc(F)c2F)cc1C(=O)O. The number of aromatic nitrogens is 2. The van der Waals surface area contributed by atoms with Crippen LogP contribution < -0.4 is 0 Å². The Labute approximate surface area is 95.1 Å². The molecular weight excluding hydrogens is 230 g/mol. The first-order valence-corrected chi connectivity index (χ1v) is 4.72. The van der Waals surface area contributed by atoms with Gasteiger partial charge in [0.05, 0.1) is 5.69 Å².